The summed E-state index contributed by atoms with van der Waals surface area (Å²) in [5.74, 6) is 1.02. The first-order valence-corrected chi connectivity index (χ1v) is 11.4. The van der Waals surface area contributed by atoms with Crippen LogP contribution >= 0.6 is 23.2 Å². The maximum atomic E-state index is 14.0. The van der Waals surface area contributed by atoms with E-state index >= 15 is 0 Å². The molecule has 7 nitrogen and oxygen atoms in total. The number of nitro groups is 1. The summed E-state index contributed by atoms with van der Waals surface area (Å²) in [6.45, 7) is 0. The maximum absolute atomic E-state index is 14.0. The number of benzene rings is 3. The Morgan fingerprint density at radius 1 is 1.06 bits per heavy atom. The molecule has 1 fully saturated rings. The van der Waals surface area contributed by atoms with Crippen molar-refractivity contribution in [2.24, 2.45) is 0 Å². The van der Waals surface area contributed by atoms with Crippen molar-refractivity contribution in [3.63, 3.8) is 0 Å². The predicted octanol–water partition coefficient (Wildman–Crippen LogP) is 5.12. The molecule has 1 saturated heterocycles. The van der Waals surface area contributed by atoms with E-state index in [9.17, 15) is 19.7 Å². The minimum Gasteiger partial charge on any atom is -0.348 e. The molecule has 3 aromatic rings. The van der Waals surface area contributed by atoms with Gasteiger partial charge in [0.1, 0.15) is 5.41 Å². The number of anilines is 1. The van der Waals surface area contributed by atoms with E-state index < -0.39 is 28.2 Å². The summed E-state index contributed by atoms with van der Waals surface area (Å²) >= 11 is 12.5. The topological polar surface area (TPSA) is 101 Å². The second-order valence-electron chi connectivity index (χ2n) is 8.50. The fraction of sp³-hybridized carbons (Fsp3) is 0.154. The number of rotatable bonds is 3. The van der Waals surface area contributed by atoms with E-state index in [1.165, 1.54) is 18.2 Å². The smallest absolute Gasteiger partial charge is 0.274 e. The lowest BCUT2D eigenvalue weighted by atomic mass is 9.59. The number of hydrogen-bond acceptors (Lipinski definition) is 4. The summed E-state index contributed by atoms with van der Waals surface area (Å²) in [7, 11) is 0. The number of nitrogens with zero attached hydrogens (tertiary/aromatic N) is 1. The van der Waals surface area contributed by atoms with Gasteiger partial charge in [-0.25, -0.2) is 0 Å². The van der Waals surface area contributed by atoms with Crippen LogP contribution in [-0.2, 0) is 15.0 Å². The Morgan fingerprint density at radius 2 is 1.83 bits per heavy atom. The van der Waals surface area contributed by atoms with Crippen molar-refractivity contribution in [2.75, 3.05) is 5.32 Å². The monoisotopic (exact) mass is 505 g/mol. The molecule has 174 valence electrons. The van der Waals surface area contributed by atoms with Crippen LogP contribution in [0.3, 0.4) is 0 Å². The molecule has 0 unspecified atom stereocenters. The lowest BCUT2D eigenvalue weighted by Gasteiger charge is -2.46. The van der Waals surface area contributed by atoms with Gasteiger partial charge < -0.3 is 10.6 Å². The molecule has 9 heteroatoms. The van der Waals surface area contributed by atoms with Gasteiger partial charge >= 0.3 is 0 Å². The largest absolute Gasteiger partial charge is 0.348 e. The van der Waals surface area contributed by atoms with Gasteiger partial charge in [-0.2, -0.15) is 0 Å². The summed E-state index contributed by atoms with van der Waals surface area (Å²) in [6, 6.07) is 15.1. The number of hydrogen-bond donors (Lipinski definition) is 2. The van der Waals surface area contributed by atoms with Crippen LogP contribution in [0.15, 0.2) is 60.7 Å². The zero-order valence-electron chi connectivity index (χ0n) is 18.0. The number of nitro benzene ring substituents is 1. The van der Waals surface area contributed by atoms with E-state index in [1.807, 2.05) is 0 Å². The van der Waals surface area contributed by atoms with Crippen molar-refractivity contribution in [1.29, 1.82) is 0 Å². The maximum Gasteiger partial charge on any atom is 0.274 e. The summed E-state index contributed by atoms with van der Waals surface area (Å²) in [5.41, 5.74) is 0.546. The van der Waals surface area contributed by atoms with Crippen LogP contribution in [0.2, 0.25) is 10.0 Å². The quantitative estimate of drug-likeness (QED) is 0.293. The molecule has 3 atom stereocenters. The molecule has 0 aliphatic carbocycles. The third kappa shape index (κ3) is 3.54. The molecule has 2 aliphatic rings. The normalized spacial score (nSPS) is 22.8. The average molecular weight is 506 g/mol. The molecule has 0 radical (unpaired) electrons. The van der Waals surface area contributed by atoms with Gasteiger partial charge in [-0.1, -0.05) is 47.3 Å². The first kappa shape index (κ1) is 22.9. The van der Waals surface area contributed by atoms with Crippen LogP contribution in [0, 0.1) is 22.5 Å². The predicted molar refractivity (Wildman–Crippen MR) is 132 cm³/mol. The lowest BCUT2D eigenvalue weighted by molar-refractivity contribution is -0.385. The summed E-state index contributed by atoms with van der Waals surface area (Å²) in [4.78, 5) is 38.5. The van der Waals surface area contributed by atoms with E-state index in [0.717, 1.165) is 0 Å². The highest BCUT2D eigenvalue weighted by molar-refractivity contribution is 6.31. The van der Waals surface area contributed by atoms with Crippen molar-refractivity contribution in [2.45, 2.75) is 23.8 Å². The van der Waals surface area contributed by atoms with E-state index in [-0.39, 0.29) is 23.6 Å². The lowest BCUT2D eigenvalue weighted by Crippen LogP contribution is -2.57. The molecule has 1 spiro atoms. The standard InChI is InChI=1S/C26H17Cl2N3O4/c1-2-14-6-9-22(31(34)35)18(10-14)24-26(19-8-7-17(28)12-21(19)29-25(26)33)20(13-23(32)30-24)15-4-3-5-16(27)11-15/h1,3-12,20,24H,13H2,(H,29,33)(H,30,32)/t20-,24+,26-/m0/s1. The molecular formula is C26H17Cl2N3O4. The van der Waals surface area contributed by atoms with Crippen LogP contribution in [0.1, 0.15) is 40.6 Å². The molecule has 35 heavy (non-hydrogen) atoms. The number of carbonyl (C=O) groups is 2. The van der Waals surface area contributed by atoms with Crippen LogP contribution in [-0.4, -0.2) is 16.7 Å². The minimum atomic E-state index is -1.43. The fourth-order valence-corrected chi connectivity index (χ4v) is 5.68. The van der Waals surface area contributed by atoms with Gasteiger partial charge in [-0.05, 0) is 47.5 Å². The highest BCUT2D eigenvalue weighted by Crippen LogP contribution is 2.58. The Hall–Kier alpha value is -3.86. The van der Waals surface area contributed by atoms with E-state index in [0.29, 0.717) is 32.4 Å². The van der Waals surface area contributed by atoms with Crippen LogP contribution in [0.4, 0.5) is 11.4 Å². The number of piperidine rings is 1. The molecule has 2 amide bonds. The molecular weight excluding hydrogens is 489 g/mol. The van der Waals surface area contributed by atoms with Gasteiger partial charge in [0.05, 0.1) is 16.5 Å². The number of nitrogens with one attached hydrogen (secondary N) is 2. The van der Waals surface area contributed by atoms with Gasteiger partial charge in [0.2, 0.25) is 11.8 Å². The first-order valence-electron chi connectivity index (χ1n) is 10.7. The van der Waals surface area contributed by atoms with Crippen molar-refractivity contribution < 1.29 is 14.5 Å². The number of amides is 2. The molecule has 2 aliphatic heterocycles. The molecule has 2 N–H and O–H groups in total. The first-order chi connectivity index (χ1) is 16.7. The Balaban J connectivity index is 1.86. The fourth-order valence-electron chi connectivity index (χ4n) is 5.31. The number of fused-ring (bicyclic) bond motifs is 2. The van der Waals surface area contributed by atoms with Gasteiger partial charge in [0.15, 0.2) is 0 Å². The van der Waals surface area contributed by atoms with Crippen molar-refractivity contribution in [3.05, 3.63) is 103 Å². The van der Waals surface area contributed by atoms with Crippen LogP contribution in [0.5, 0.6) is 0 Å². The second-order valence-corrected chi connectivity index (χ2v) is 9.37. The van der Waals surface area contributed by atoms with Crippen LogP contribution in [0.25, 0.3) is 0 Å². The zero-order chi connectivity index (χ0) is 24.9. The van der Waals surface area contributed by atoms with E-state index in [2.05, 4.69) is 16.6 Å². The Kier molecular flexibility index (Phi) is 5.51. The van der Waals surface area contributed by atoms with Gasteiger partial charge in [0.25, 0.3) is 5.69 Å². The second kappa shape index (κ2) is 8.42. The van der Waals surface area contributed by atoms with E-state index in [4.69, 9.17) is 29.6 Å². The highest BCUT2D eigenvalue weighted by atomic mass is 35.5. The molecule has 3 aromatic carbocycles. The summed E-state index contributed by atoms with van der Waals surface area (Å²) in [5, 5.41) is 18.6. The van der Waals surface area contributed by atoms with Gasteiger partial charge in [-0.3, -0.25) is 19.7 Å². The van der Waals surface area contributed by atoms with Crippen molar-refractivity contribution >= 4 is 46.4 Å². The van der Waals surface area contributed by atoms with Crippen molar-refractivity contribution in [3.8, 4) is 12.3 Å². The van der Waals surface area contributed by atoms with Gasteiger partial charge in [0, 0.05) is 39.7 Å². The molecule has 0 aromatic heterocycles. The van der Waals surface area contributed by atoms with Gasteiger partial charge in [-0.15, -0.1) is 6.42 Å². The average Bonchev–Trinajstić information content (AvgIpc) is 3.11. The number of halogens is 2. The zero-order valence-corrected chi connectivity index (χ0v) is 19.6. The molecule has 2 heterocycles. The summed E-state index contributed by atoms with van der Waals surface area (Å²) in [6.07, 6.45) is 5.55. The third-order valence-electron chi connectivity index (χ3n) is 6.70. The minimum absolute atomic E-state index is 0.0328. The Labute approximate surface area is 210 Å². The van der Waals surface area contributed by atoms with Crippen molar-refractivity contribution in [1.82, 2.24) is 5.32 Å². The third-order valence-corrected chi connectivity index (χ3v) is 7.17. The Bertz CT molecular complexity index is 1470. The summed E-state index contributed by atoms with van der Waals surface area (Å²) < 4.78 is 0. The Morgan fingerprint density at radius 3 is 2.54 bits per heavy atom. The number of terminal acetylenes is 1. The highest BCUT2D eigenvalue weighted by Gasteiger charge is 2.62. The molecule has 0 saturated carbocycles. The number of carbonyl (C=O) groups excluding carboxylic acids is 2. The van der Waals surface area contributed by atoms with Crippen LogP contribution < -0.4 is 10.6 Å². The molecule has 5 rings (SSSR count). The SMILES string of the molecule is C#Cc1ccc([N+](=O)[O-])c([C@H]2NC(=O)C[C@@H](c3cccc(Cl)c3)[C@]23C(=O)Nc2cc(Cl)ccc23)c1. The van der Waals surface area contributed by atoms with E-state index in [1.54, 1.807) is 42.5 Å². The molecule has 0 bridgehead atoms.